The molecule has 0 bridgehead atoms. The first kappa shape index (κ1) is 20.8. The molecule has 5 rings (SSSR count). The van der Waals surface area contributed by atoms with Crippen molar-refractivity contribution in [1.29, 1.82) is 0 Å². The van der Waals surface area contributed by atoms with Crippen LogP contribution in [0.4, 0.5) is 23.5 Å². The van der Waals surface area contributed by atoms with Gasteiger partial charge in [0.1, 0.15) is 0 Å². The van der Waals surface area contributed by atoms with E-state index < -0.39 is 0 Å². The quantitative estimate of drug-likeness (QED) is 0.341. The van der Waals surface area contributed by atoms with Gasteiger partial charge < -0.3 is 15.0 Å². The smallest absolute Gasteiger partial charge is 0.250 e. The molecule has 0 radical (unpaired) electrons. The van der Waals surface area contributed by atoms with Gasteiger partial charge in [-0.1, -0.05) is 66.2 Å². The van der Waals surface area contributed by atoms with Gasteiger partial charge in [-0.25, -0.2) is 5.43 Å². The summed E-state index contributed by atoms with van der Waals surface area (Å²) in [4.78, 5) is 15.9. The Balaban J connectivity index is 1.44. The number of aromatic nitrogens is 3. The van der Waals surface area contributed by atoms with Crippen molar-refractivity contribution in [3.8, 4) is 0 Å². The van der Waals surface area contributed by atoms with E-state index in [1.54, 1.807) is 6.21 Å². The van der Waals surface area contributed by atoms with Crippen molar-refractivity contribution >= 4 is 40.5 Å². The van der Waals surface area contributed by atoms with Crippen LogP contribution in [-0.4, -0.2) is 47.5 Å². The van der Waals surface area contributed by atoms with Crippen molar-refractivity contribution in [3.63, 3.8) is 0 Å². The molecule has 0 spiro atoms. The molecule has 4 aromatic rings. The first-order chi connectivity index (χ1) is 16.2. The molecular formula is C25H25N7O. The maximum absolute atomic E-state index is 5.48. The van der Waals surface area contributed by atoms with Gasteiger partial charge in [-0.2, -0.15) is 20.1 Å². The molecule has 1 aromatic heterocycles. The van der Waals surface area contributed by atoms with E-state index in [9.17, 15) is 0 Å². The van der Waals surface area contributed by atoms with Gasteiger partial charge in [0.05, 0.1) is 19.4 Å². The number of nitrogens with one attached hydrogen (secondary N) is 2. The van der Waals surface area contributed by atoms with Crippen LogP contribution in [0.5, 0.6) is 0 Å². The average Bonchev–Trinajstić information content (AvgIpc) is 2.86. The highest BCUT2D eigenvalue weighted by Gasteiger charge is 2.17. The van der Waals surface area contributed by atoms with Crippen molar-refractivity contribution in [1.82, 2.24) is 15.0 Å². The molecule has 8 heteroatoms. The Morgan fingerprint density at radius 3 is 2.48 bits per heavy atom. The van der Waals surface area contributed by atoms with Crippen LogP contribution in [0.15, 0.2) is 71.8 Å². The van der Waals surface area contributed by atoms with E-state index in [1.165, 1.54) is 5.56 Å². The van der Waals surface area contributed by atoms with E-state index in [-0.39, 0.29) is 0 Å². The minimum absolute atomic E-state index is 0.373. The Bertz CT molecular complexity index is 1260. The van der Waals surface area contributed by atoms with Crippen LogP contribution in [0, 0.1) is 6.92 Å². The summed E-state index contributed by atoms with van der Waals surface area (Å²) in [5.41, 5.74) is 6.09. The molecule has 0 atom stereocenters. The lowest BCUT2D eigenvalue weighted by atomic mass is 10.1. The normalized spacial score (nSPS) is 14.0. The first-order valence-electron chi connectivity index (χ1n) is 10.9. The summed E-state index contributed by atoms with van der Waals surface area (Å²) < 4.78 is 5.48. The number of morpholine rings is 1. The molecule has 8 nitrogen and oxygen atoms in total. The van der Waals surface area contributed by atoms with Gasteiger partial charge in [0.25, 0.3) is 0 Å². The molecule has 0 saturated carbocycles. The third-order valence-electron chi connectivity index (χ3n) is 5.41. The van der Waals surface area contributed by atoms with E-state index in [1.807, 2.05) is 48.5 Å². The van der Waals surface area contributed by atoms with Crippen LogP contribution in [0.2, 0.25) is 0 Å². The Morgan fingerprint density at radius 2 is 1.64 bits per heavy atom. The number of benzene rings is 3. The zero-order valence-corrected chi connectivity index (χ0v) is 18.4. The fourth-order valence-electron chi connectivity index (χ4n) is 3.65. The molecule has 0 aliphatic carbocycles. The van der Waals surface area contributed by atoms with Gasteiger partial charge in [-0.05, 0) is 23.9 Å². The average molecular weight is 440 g/mol. The van der Waals surface area contributed by atoms with Crippen molar-refractivity contribution in [2.24, 2.45) is 5.10 Å². The summed E-state index contributed by atoms with van der Waals surface area (Å²) in [5.74, 6) is 1.41. The van der Waals surface area contributed by atoms with Gasteiger partial charge >= 0.3 is 0 Å². The van der Waals surface area contributed by atoms with E-state index in [4.69, 9.17) is 4.74 Å². The highest BCUT2D eigenvalue weighted by Crippen LogP contribution is 2.26. The zero-order chi connectivity index (χ0) is 22.5. The topological polar surface area (TPSA) is 87.6 Å². The van der Waals surface area contributed by atoms with Crippen molar-refractivity contribution in [2.75, 3.05) is 41.9 Å². The maximum Gasteiger partial charge on any atom is 0.250 e. The van der Waals surface area contributed by atoms with Gasteiger partial charge in [0.15, 0.2) is 0 Å². The van der Waals surface area contributed by atoms with Crippen LogP contribution in [0.1, 0.15) is 11.1 Å². The third-order valence-corrected chi connectivity index (χ3v) is 5.41. The van der Waals surface area contributed by atoms with Gasteiger partial charge in [-0.15, -0.1) is 0 Å². The fourth-order valence-corrected chi connectivity index (χ4v) is 3.65. The summed E-state index contributed by atoms with van der Waals surface area (Å²) in [5, 5.41) is 9.94. The summed E-state index contributed by atoms with van der Waals surface area (Å²) in [6, 6.07) is 22.4. The molecule has 166 valence electrons. The molecule has 1 fully saturated rings. The molecule has 2 N–H and O–H groups in total. The molecule has 2 heterocycles. The predicted octanol–water partition coefficient (Wildman–Crippen LogP) is 4.36. The highest BCUT2D eigenvalue weighted by molar-refractivity contribution is 5.94. The SMILES string of the molecule is Cc1ccc(/C=N/Nc2nc(Nc3cccc4ccccc34)nc(N3CCOCC3)n2)cc1. The standard InChI is InChI=1S/C25H25N7O/c1-18-9-11-19(12-10-18)17-26-31-24-28-23(29-25(30-24)32-13-15-33-16-14-32)27-22-8-4-6-20-5-2-3-7-21(20)22/h2-12,17H,13-16H2,1H3,(H2,27,28,29,30,31)/b26-17+. The van der Waals surface area contributed by atoms with Crippen LogP contribution >= 0.6 is 0 Å². The number of fused-ring (bicyclic) bond motifs is 1. The molecular weight excluding hydrogens is 414 g/mol. The summed E-state index contributed by atoms with van der Waals surface area (Å²) >= 11 is 0. The summed E-state index contributed by atoms with van der Waals surface area (Å²) in [7, 11) is 0. The molecule has 0 unspecified atom stereocenters. The Kier molecular flexibility index (Phi) is 6.08. The monoisotopic (exact) mass is 439 g/mol. The van der Waals surface area contributed by atoms with Crippen molar-refractivity contribution < 1.29 is 4.74 Å². The van der Waals surface area contributed by atoms with Crippen LogP contribution in [-0.2, 0) is 4.74 Å². The first-order valence-corrected chi connectivity index (χ1v) is 10.9. The second kappa shape index (κ2) is 9.62. The number of hydrazone groups is 1. The lowest BCUT2D eigenvalue weighted by molar-refractivity contribution is 0.122. The summed E-state index contributed by atoms with van der Waals surface area (Å²) in [6.07, 6.45) is 1.75. The maximum atomic E-state index is 5.48. The summed E-state index contributed by atoms with van der Waals surface area (Å²) in [6.45, 7) is 4.80. The number of nitrogens with zero attached hydrogens (tertiary/aromatic N) is 5. The zero-order valence-electron chi connectivity index (χ0n) is 18.4. The van der Waals surface area contributed by atoms with E-state index in [0.717, 1.165) is 35.1 Å². The lowest BCUT2D eigenvalue weighted by Gasteiger charge is -2.27. The molecule has 1 aliphatic heterocycles. The highest BCUT2D eigenvalue weighted by atomic mass is 16.5. The Labute approximate surface area is 192 Å². The molecule has 33 heavy (non-hydrogen) atoms. The third kappa shape index (κ3) is 5.07. The van der Waals surface area contributed by atoms with Gasteiger partial charge in [-0.3, -0.25) is 0 Å². The number of hydrogen-bond donors (Lipinski definition) is 2. The minimum atomic E-state index is 0.373. The van der Waals surface area contributed by atoms with Crippen LogP contribution in [0.25, 0.3) is 10.8 Å². The molecule has 3 aromatic carbocycles. The molecule has 0 amide bonds. The van der Waals surface area contributed by atoms with E-state index in [0.29, 0.717) is 31.1 Å². The number of rotatable bonds is 6. The Morgan fingerprint density at radius 1 is 0.879 bits per heavy atom. The van der Waals surface area contributed by atoms with E-state index in [2.05, 4.69) is 60.8 Å². The van der Waals surface area contributed by atoms with E-state index >= 15 is 0 Å². The second-order valence-corrected chi connectivity index (χ2v) is 7.81. The van der Waals surface area contributed by atoms with Crippen molar-refractivity contribution in [2.45, 2.75) is 6.92 Å². The lowest BCUT2D eigenvalue weighted by Crippen LogP contribution is -2.37. The number of ether oxygens (including phenoxy) is 1. The molecule has 1 aliphatic rings. The molecule has 1 saturated heterocycles. The largest absolute Gasteiger partial charge is 0.378 e. The van der Waals surface area contributed by atoms with Crippen LogP contribution < -0.4 is 15.6 Å². The number of aryl methyl sites for hydroxylation is 1. The van der Waals surface area contributed by atoms with Gasteiger partial charge in [0.2, 0.25) is 17.8 Å². The van der Waals surface area contributed by atoms with Gasteiger partial charge in [0, 0.05) is 24.2 Å². The Hall–Kier alpha value is -4.04. The fraction of sp³-hybridized carbons (Fsp3) is 0.200. The second-order valence-electron chi connectivity index (χ2n) is 7.81. The van der Waals surface area contributed by atoms with Crippen LogP contribution in [0.3, 0.4) is 0 Å². The number of hydrogen-bond acceptors (Lipinski definition) is 8. The predicted molar refractivity (Wildman–Crippen MR) is 132 cm³/mol. The van der Waals surface area contributed by atoms with Crippen molar-refractivity contribution in [3.05, 3.63) is 77.9 Å². The number of anilines is 4. The minimum Gasteiger partial charge on any atom is -0.378 e.